The highest BCUT2D eigenvalue weighted by molar-refractivity contribution is 7.92. The molecule has 1 aliphatic rings. The van der Waals surface area contributed by atoms with Crippen LogP contribution in [0.5, 0.6) is 0 Å². The van der Waals surface area contributed by atoms with Crippen molar-refractivity contribution in [1.29, 1.82) is 0 Å². The SMILES string of the molecule is Nc1cc(C(F)(F)F)cc(NCC2CCCS2(=O)=O)n1. The van der Waals surface area contributed by atoms with E-state index >= 15 is 0 Å². The van der Waals surface area contributed by atoms with Crippen LogP contribution in [0.3, 0.4) is 0 Å². The molecule has 1 atom stereocenters. The van der Waals surface area contributed by atoms with Gasteiger partial charge in [-0.2, -0.15) is 13.2 Å². The maximum absolute atomic E-state index is 12.6. The van der Waals surface area contributed by atoms with Crippen molar-refractivity contribution in [3.05, 3.63) is 17.7 Å². The van der Waals surface area contributed by atoms with Crippen LogP contribution in [0, 0.1) is 0 Å². The molecule has 0 aromatic carbocycles. The molecule has 0 bridgehead atoms. The molecule has 0 spiro atoms. The lowest BCUT2D eigenvalue weighted by Crippen LogP contribution is -2.25. The van der Waals surface area contributed by atoms with Gasteiger partial charge in [0.05, 0.1) is 16.6 Å². The monoisotopic (exact) mass is 309 g/mol. The fourth-order valence-electron chi connectivity index (χ4n) is 2.11. The van der Waals surface area contributed by atoms with Gasteiger partial charge in [-0.15, -0.1) is 0 Å². The molecule has 3 N–H and O–H groups in total. The van der Waals surface area contributed by atoms with Crippen LogP contribution in [0.25, 0.3) is 0 Å². The van der Waals surface area contributed by atoms with Gasteiger partial charge in [-0.3, -0.25) is 0 Å². The number of nitrogen functional groups attached to an aromatic ring is 1. The molecule has 2 rings (SSSR count). The Kier molecular flexibility index (Phi) is 3.81. The predicted molar refractivity (Wildman–Crippen MR) is 68.9 cm³/mol. The smallest absolute Gasteiger partial charge is 0.384 e. The Labute approximate surface area is 114 Å². The third kappa shape index (κ3) is 3.33. The third-order valence-electron chi connectivity index (χ3n) is 3.15. The van der Waals surface area contributed by atoms with Crippen molar-refractivity contribution in [2.24, 2.45) is 0 Å². The van der Waals surface area contributed by atoms with Crippen molar-refractivity contribution >= 4 is 21.5 Å². The Balaban J connectivity index is 2.12. The van der Waals surface area contributed by atoms with Crippen molar-refractivity contribution in [1.82, 2.24) is 4.98 Å². The van der Waals surface area contributed by atoms with E-state index < -0.39 is 26.8 Å². The minimum absolute atomic E-state index is 0.0378. The molecule has 5 nitrogen and oxygen atoms in total. The second-order valence-corrected chi connectivity index (χ2v) is 7.08. The number of anilines is 2. The highest BCUT2D eigenvalue weighted by Crippen LogP contribution is 2.31. The molecule has 1 aromatic heterocycles. The summed E-state index contributed by atoms with van der Waals surface area (Å²) in [5.41, 5.74) is 4.41. The molecule has 1 saturated heterocycles. The van der Waals surface area contributed by atoms with Gasteiger partial charge in [-0.05, 0) is 25.0 Å². The Morgan fingerprint density at radius 1 is 1.40 bits per heavy atom. The number of halogens is 3. The first-order valence-electron chi connectivity index (χ1n) is 5.99. The van der Waals surface area contributed by atoms with E-state index in [-0.39, 0.29) is 23.9 Å². The fraction of sp³-hybridized carbons (Fsp3) is 0.545. The Morgan fingerprint density at radius 3 is 2.65 bits per heavy atom. The van der Waals surface area contributed by atoms with Gasteiger partial charge >= 0.3 is 6.18 Å². The molecule has 0 saturated carbocycles. The van der Waals surface area contributed by atoms with E-state index in [0.717, 1.165) is 12.1 Å². The highest BCUT2D eigenvalue weighted by atomic mass is 32.2. The van der Waals surface area contributed by atoms with E-state index in [0.29, 0.717) is 12.8 Å². The Morgan fingerprint density at radius 2 is 2.10 bits per heavy atom. The Bertz CT molecular complexity index is 601. The zero-order valence-corrected chi connectivity index (χ0v) is 11.3. The van der Waals surface area contributed by atoms with Crippen molar-refractivity contribution in [3.63, 3.8) is 0 Å². The normalized spacial score (nSPS) is 21.9. The van der Waals surface area contributed by atoms with Crippen molar-refractivity contribution < 1.29 is 21.6 Å². The first-order valence-corrected chi connectivity index (χ1v) is 7.70. The number of nitrogens with two attached hydrogens (primary N) is 1. The summed E-state index contributed by atoms with van der Waals surface area (Å²) < 4.78 is 61.0. The van der Waals surface area contributed by atoms with Gasteiger partial charge in [-0.1, -0.05) is 0 Å². The lowest BCUT2D eigenvalue weighted by atomic mass is 10.2. The number of alkyl halides is 3. The number of pyridine rings is 1. The molecule has 112 valence electrons. The molecule has 0 radical (unpaired) electrons. The second kappa shape index (κ2) is 5.12. The van der Waals surface area contributed by atoms with Crippen LogP contribution in [0.1, 0.15) is 18.4 Å². The number of hydrogen-bond donors (Lipinski definition) is 2. The summed E-state index contributed by atoms with van der Waals surface area (Å²) in [6.07, 6.45) is -3.44. The first-order chi connectivity index (χ1) is 9.18. The number of sulfone groups is 1. The average molecular weight is 309 g/mol. The quantitative estimate of drug-likeness (QED) is 0.887. The number of hydrogen-bond acceptors (Lipinski definition) is 5. The van der Waals surface area contributed by atoms with Crippen LogP contribution >= 0.6 is 0 Å². The lowest BCUT2D eigenvalue weighted by Gasteiger charge is -2.13. The van der Waals surface area contributed by atoms with Gasteiger partial charge in [0.2, 0.25) is 0 Å². The molecule has 1 aromatic rings. The van der Waals surface area contributed by atoms with Crippen LogP contribution in [-0.2, 0) is 16.0 Å². The molecule has 20 heavy (non-hydrogen) atoms. The zero-order chi connectivity index (χ0) is 15.0. The van der Waals surface area contributed by atoms with E-state index in [2.05, 4.69) is 10.3 Å². The van der Waals surface area contributed by atoms with Gasteiger partial charge in [0.15, 0.2) is 9.84 Å². The fourth-order valence-corrected chi connectivity index (χ4v) is 3.88. The van der Waals surface area contributed by atoms with Gasteiger partial charge in [-0.25, -0.2) is 13.4 Å². The maximum atomic E-state index is 12.6. The van der Waals surface area contributed by atoms with Gasteiger partial charge in [0.1, 0.15) is 11.6 Å². The summed E-state index contributed by atoms with van der Waals surface area (Å²) in [5.74, 6) is -0.214. The minimum atomic E-state index is -4.52. The van der Waals surface area contributed by atoms with Gasteiger partial charge < -0.3 is 11.1 Å². The van der Waals surface area contributed by atoms with E-state index in [1.807, 2.05) is 0 Å². The van der Waals surface area contributed by atoms with E-state index in [1.54, 1.807) is 0 Å². The van der Waals surface area contributed by atoms with Crippen LogP contribution in [0.4, 0.5) is 24.8 Å². The average Bonchev–Trinajstić information content (AvgIpc) is 2.64. The van der Waals surface area contributed by atoms with Crippen LogP contribution in [-0.4, -0.2) is 30.9 Å². The van der Waals surface area contributed by atoms with Crippen LogP contribution in [0.15, 0.2) is 12.1 Å². The van der Waals surface area contributed by atoms with E-state index in [1.165, 1.54) is 0 Å². The molecule has 1 unspecified atom stereocenters. The highest BCUT2D eigenvalue weighted by Gasteiger charge is 2.33. The second-order valence-electron chi connectivity index (χ2n) is 4.68. The van der Waals surface area contributed by atoms with Crippen molar-refractivity contribution in [2.45, 2.75) is 24.3 Å². The molecular formula is C11H14F3N3O2S. The van der Waals surface area contributed by atoms with Gasteiger partial charge in [0.25, 0.3) is 0 Å². The number of nitrogens with zero attached hydrogens (tertiary/aromatic N) is 1. The van der Waals surface area contributed by atoms with Gasteiger partial charge in [0, 0.05) is 6.54 Å². The summed E-state index contributed by atoms with van der Waals surface area (Å²) >= 11 is 0. The maximum Gasteiger partial charge on any atom is 0.416 e. The van der Waals surface area contributed by atoms with E-state index in [4.69, 9.17) is 5.73 Å². The van der Waals surface area contributed by atoms with Crippen LogP contribution < -0.4 is 11.1 Å². The summed E-state index contributed by atoms with van der Waals surface area (Å²) in [6, 6.07) is 1.55. The molecule has 0 aliphatic carbocycles. The summed E-state index contributed by atoms with van der Waals surface area (Å²) in [5, 5.41) is 2.04. The molecule has 1 fully saturated rings. The largest absolute Gasteiger partial charge is 0.416 e. The molecular weight excluding hydrogens is 295 g/mol. The lowest BCUT2D eigenvalue weighted by molar-refractivity contribution is -0.137. The summed E-state index contributed by atoms with van der Waals surface area (Å²) in [4.78, 5) is 3.73. The van der Waals surface area contributed by atoms with E-state index in [9.17, 15) is 21.6 Å². The minimum Gasteiger partial charge on any atom is -0.384 e. The zero-order valence-electron chi connectivity index (χ0n) is 10.4. The molecule has 1 aliphatic heterocycles. The third-order valence-corrected chi connectivity index (χ3v) is 5.42. The number of rotatable bonds is 3. The first kappa shape index (κ1) is 14.9. The molecule has 2 heterocycles. The standard InChI is InChI=1S/C11H14F3N3O2S/c12-11(13,14)7-4-9(15)17-10(5-7)16-6-8-2-1-3-20(8,18)19/h4-5,8H,1-3,6H2,(H3,15,16,17). The topological polar surface area (TPSA) is 85.1 Å². The van der Waals surface area contributed by atoms with Crippen molar-refractivity contribution in [3.8, 4) is 0 Å². The number of aromatic nitrogens is 1. The number of nitrogens with one attached hydrogen (secondary N) is 1. The van der Waals surface area contributed by atoms with Crippen molar-refractivity contribution in [2.75, 3.05) is 23.3 Å². The molecule has 9 heteroatoms. The summed E-state index contributed by atoms with van der Waals surface area (Å²) in [7, 11) is -3.15. The predicted octanol–water partition coefficient (Wildman–Crippen LogP) is 1.67. The van der Waals surface area contributed by atoms with Crippen LogP contribution in [0.2, 0.25) is 0 Å². The summed E-state index contributed by atoms with van der Waals surface area (Å²) in [6.45, 7) is 0.0378. The molecule has 0 amide bonds. The Hall–Kier alpha value is -1.51.